The number of hydrogen-bond acceptors (Lipinski definition) is 6. The number of nitrogens with zero attached hydrogens (tertiary/aromatic N) is 4. The molecule has 2 fully saturated rings. The van der Waals surface area contributed by atoms with Crippen molar-refractivity contribution >= 4 is 21.6 Å². The van der Waals surface area contributed by atoms with Crippen molar-refractivity contribution in [3.05, 3.63) is 18.1 Å². The Morgan fingerprint density at radius 2 is 2.00 bits per heavy atom. The van der Waals surface area contributed by atoms with Crippen molar-refractivity contribution in [3.8, 4) is 0 Å². The number of aromatic nitrogens is 2. The van der Waals surface area contributed by atoms with Gasteiger partial charge < -0.3 is 9.80 Å². The van der Waals surface area contributed by atoms with Gasteiger partial charge in [-0.05, 0) is 19.3 Å². The number of likely N-dealkylation sites (tertiary alicyclic amines) is 1. The Bertz CT molecular complexity index is 653. The number of sulfone groups is 1. The smallest absolute Gasteiger partial charge is 0.274 e. The highest BCUT2D eigenvalue weighted by Gasteiger charge is 2.31. The van der Waals surface area contributed by atoms with Crippen molar-refractivity contribution in [1.29, 1.82) is 0 Å². The van der Waals surface area contributed by atoms with Gasteiger partial charge in [0.2, 0.25) is 0 Å². The first-order valence-electron chi connectivity index (χ1n) is 7.51. The zero-order valence-electron chi connectivity index (χ0n) is 12.6. The molecule has 1 aromatic rings. The highest BCUT2D eigenvalue weighted by atomic mass is 32.2. The van der Waals surface area contributed by atoms with Crippen molar-refractivity contribution < 1.29 is 13.2 Å². The highest BCUT2D eigenvalue weighted by Crippen LogP contribution is 2.21. The molecule has 7 nitrogen and oxygen atoms in total. The summed E-state index contributed by atoms with van der Waals surface area (Å²) >= 11 is 0. The molecule has 0 bridgehead atoms. The molecule has 0 N–H and O–H groups in total. The largest absolute Gasteiger partial charge is 0.354 e. The third-order valence-corrected chi connectivity index (χ3v) is 6.12. The van der Waals surface area contributed by atoms with Gasteiger partial charge in [0, 0.05) is 26.2 Å². The monoisotopic (exact) mass is 324 g/mol. The van der Waals surface area contributed by atoms with Crippen molar-refractivity contribution in [1.82, 2.24) is 14.9 Å². The van der Waals surface area contributed by atoms with Gasteiger partial charge in [0.25, 0.3) is 5.91 Å². The van der Waals surface area contributed by atoms with E-state index in [1.807, 2.05) is 11.9 Å². The van der Waals surface area contributed by atoms with Crippen LogP contribution < -0.4 is 4.90 Å². The molecule has 0 aromatic carbocycles. The van der Waals surface area contributed by atoms with Crippen LogP contribution in [0.3, 0.4) is 0 Å². The van der Waals surface area contributed by atoms with Crippen LogP contribution in [-0.2, 0) is 9.84 Å². The summed E-state index contributed by atoms with van der Waals surface area (Å²) in [5.41, 5.74) is 0.345. The molecule has 22 heavy (non-hydrogen) atoms. The van der Waals surface area contributed by atoms with Crippen LogP contribution in [-0.4, -0.2) is 66.9 Å². The maximum Gasteiger partial charge on any atom is 0.274 e. The Morgan fingerprint density at radius 3 is 2.55 bits per heavy atom. The van der Waals surface area contributed by atoms with Gasteiger partial charge in [0.1, 0.15) is 11.5 Å². The third kappa shape index (κ3) is 3.06. The number of anilines is 1. The fourth-order valence-electron chi connectivity index (χ4n) is 2.96. The Balaban J connectivity index is 1.70. The minimum atomic E-state index is -2.93. The summed E-state index contributed by atoms with van der Waals surface area (Å²) in [4.78, 5) is 24.3. The SMILES string of the molecule is CN(c1cnc(C(=O)N2CCCC2)cn1)C1CCS(=O)(=O)C1. The zero-order valence-corrected chi connectivity index (χ0v) is 13.4. The molecule has 1 aromatic heterocycles. The fraction of sp³-hybridized carbons (Fsp3) is 0.643. The number of rotatable bonds is 3. The minimum absolute atomic E-state index is 0.0700. The van der Waals surface area contributed by atoms with Gasteiger partial charge >= 0.3 is 0 Å². The second-order valence-corrected chi connectivity index (χ2v) is 8.16. The number of hydrogen-bond donors (Lipinski definition) is 0. The lowest BCUT2D eigenvalue weighted by Gasteiger charge is -2.24. The summed E-state index contributed by atoms with van der Waals surface area (Å²) in [5.74, 6) is 0.892. The molecule has 0 aliphatic carbocycles. The maximum atomic E-state index is 12.2. The van der Waals surface area contributed by atoms with Crippen LogP contribution in [0.2, 0.25) is 0 Å². The first-order chi connectivity index (χ1) is 10.5. The molecule has 8 heteroatoms. The van der Waals surface area contributed by atoms with E-state index >= 15 is 0 Å². The van der Waals surface area contributed by atoms with E-state index in [1.165, 1.54) is 6.20 Å². The van der Waals surface area contributed by atoms with Gasteiger partial charge in [-0.1, -0.05) is 0 Å². The van der Waals surface area contributed by atoms with Gasteiger partial charge in [-0.2, -0.15) is 0 Å². The molecule has 2 aliphatic rings. The van der Waals surface area contributed by atoms with E-state index in [2.05, 4.69) is 9.97 Å². The molecular formula is C14H20N4O3S. The molecule has 1 amide bonds. The molecule has 2 saturated heterocycles. The van der Waals surface area contributed by atoms with Crippen LogP contribution in [0.4, 0.5) is 5.82 Å². The second-order valence-electron chi connectivity index (χ2n) is 5.93. The summed E-state index contributed by atoms with van der Waals surface area (Å²) < 4.78 is 23.1. The number of carbonyl (C=O) groups is 1. The van der Waals surface area contributed by atoms with E-state index in [1.54, 1.807) is 11.1 Å². The highest BCUT2D eigenvalue weighted by molar-refractivity contribution is 7.91. The van der Waals surface area contributed by atoms with Crippen molar-refractivity contribution in [2.75, 3.05) is 36.5 Å². The van der Waals surface area contributed by atoms with Gasteiger partial charge in [-0.25, -0.2) is 18.4 Å². The Morgan fingerprint density at radius 1 is 1.27 bits per heavy atom. The van der Waals surface area contributed by atoms with Crippen molar-refractivity contribution in [2.45, 2.75) is 25.3 Å². The Labute approximate surface area is 130 Å². The van der Waals surface area contributed by atoms with Gasteiger partial charge in [-0.15, -0.1) is 0 Å². The molecule has 3 heterocycles. The fourth-order valence-corrected chi connectivity index (χ4v) is 4.74. The molecule has 0 spiro atoms. The molecule has 2 aliphatic heterocycles. The molecule has 1 atom stereocenters. The number of carbonyl (C=O) groups excluding carboxylic acids is 1. The molecule has 3 rings (SSSR count). The predicted molar refractivity (Wildman–Crippen MR) is 82.6 cm³/mol. The lowest BCUT2D eigenvalue weighted by molar-refractivity contribution is 0.0786. The van der Waals surface area contributed by atoms with Crippen LogP contribution in [0.25, 0.3) is 0 Å². The second kappa shape index (κ2) is 5.83. The molecule has 0 saturated carbocycles. The first kappa shape index (κ1) is 15.2. The lowest BCUT2D eigenvalue weighted by atomic mass is 10.2. The average Bonchev–Trinajstić information content (AvgIpc) is 3.15. The van der Waals surface area contributed by atoms with Crippen LogP contribution in [0.15, 0.2) is 12.4 Å². The van der Waals surface area contributed by atoms with E-state index in [4.69, 9.17) is 0 Å². The van der Waals surface area contributed by atoms with E-state index in [-0.39, 0.29) is 23.5 Å². The van der Waals surface area contributed by atoms with Crippen LogP contribution in [0.5, 0.6) is 0 Å². The van der Waals surface area contributed by atoms with Gasteiger partial charge in [-0.3, -0.25) is 4.79 Å². The van der Waals surface area contributed by atoms with E-state index in [9.17, 15) is 13.2 Å². The first-order valence-corrected chi connectivity index (χ1v) is 9.33. The van der Waals surface area contributed by atoms with Crippen LogP contribution in [0, 0.1) is 0 Å². The van der Waals surface area contributed by atoms with E-state index in [0.29, 0.717) is 17.9 Å². The molecule has 0 radical (unpaired) electrons. The number of amides is 1. The standard InChI is InChI=1S/C14H20N4O3S/c1-17(11-4-7-22(20,21)10-11)13-9-15-12(8-16-13)14(19)18-5-2-3-6-18/h8-9,11H,2-7,10H2,1H3. The van der Waals surface area contributed by atoms with Crippen LogP contribution >= 0.6 is 0 Å². The summed E-state index contributed by atoms with van der Waals surface area (Å²) in [5, 5.41) is 0. The average molecular weight is 324 g/mol. The molecule has 120 valence electrons. The minimum Gasteiger partial charge on any atom is -0.354 e. The normalized spacial score (nSPS) is 23.7. The molecule has 1 unspecified atom stereocenters. The van der Waals surface area contributed by atoms with E-state index in [0.717, 1.165) is 25.9 Å². The van der Waals surface area contributed by atoms with Crippen molar-refractivity contribution in [2.24, 2.45) is 0 Å². The summed E-state index contributed by atoms with van der Waals surface area (Å²) in [6.07, 6.45) is 5.71. The van der Waals surface area contributed by atoms with Gasteiger partial charge in [0.05, 0.1) is 23.9 Å². The summed E-state index contributed by atoms with van der Waals surface area (Å²) in [6.45, 7) is 1.56. The Hall–Kier alpha value is -1.70. The lowest BCUT2D eigenvalue weighted by Crippen LogP contribution is -2.33. The van der Waals surface area contributed by atoms with Crippen LogP contribution in [0.1, 0.15) is 29.8 Å². The summed E-state index contributed by atoms with van der Waals surface area (Å²) in [7, 11) is -1.11. The maximum absolute atomic E-state index is 12.2. The van der Waals surface area contributed by atoms with Crippen molar-refractivity contribution in [3.63, 3.8) is 0 Å². The van der Waals surface area contributed by atoms with Gasteiger partial charge in [0.15, 0.2) is 9.84 Å². The predicted octanol–water partition coefficient (Wildman–Crippen LogP) is 0.336. The topological polar surface area (TPSA) is 83.5 Å². The quantitative estimate of drug-likeness (QED) is 0.797. The summed E-state index contributed by atoms with van der Waals surface area (Å²) in [6, 6.07) is -0.0700. The molecular weight excluding hydrogens is 304 g/mol. The third-order valence-electron chi connectivity index (χ3n) is 4.37. The zero-order chi connectivity index (χ0) is 15.7. The van der Waals surface area contributed by atoms with E-state index < -0.39 is 9.84 Å². The Kier molecular flexibility index (Phi) is 4.03.